The van der Waals surface area contributed by atoms with Gasteiger partial charge in [-0.1, -0.05) is 24.5 Å². The number of pyridine rings is 1. The predicted octanol–water partition coefficient (Wildman–Crippen LogP) is 2.01. The summed E-state index contributed by atoms with van der Waals surface area (Å²) in [5.74, 6) is 8.19. The van der Waals surface area contributed by atoms with Crippen LogP contribution in [-0.2, 0) is 0 Å². The van der Waals surface area contributed by atoms with Crippen molar-refractivity contribution in [2.75, 3.05) is 36.8 Å². The van der Waals surface area contributed by atoms with Gasteiger partial charge in [-0.15, -0.1) is 0 Å². The lowest BCUT2D eigenvalue weighted by molar-refractivity contribution is 0.318. The Balaban J connectivity index is 1.87. The van der Waals surface area contributed by atoms with Crippen molar-refractivity contribution in [2.45, 2.75) is 6.92 Å². The number of hydrogen-bond acceptors (Lipinski definition) is 7. The Morgan fingerprint density at radius 1 is 1.25 bits per heavy atom. The first kappa shape index (κ1) is 19.1. The number of piperazine rings is 1. The molecule has 7 nitrogen and oxygen atoms in total. The topological polar surface area (TPSA) is 83.5 Å². The molecule has 1 aliphatic heterocycles. The average Bonchev–Trinajstić information content (AvgIpc) is 2.72. The van der Waals surface area contributed by atoms with E-state index in [1.807, 2.05) is 25.1 Å². The molecule has 1 saturated heterocycles. The van der Waals surface area contributed by atoms with Gasteiger partial charge in [0.25, 0.3) is 0 Å². The molecular weight excluding hydrogens is 350 g/mol. The van der Waals surface area contributed by atoms with Crippen molar-refractivity contribution in [2.24, 2.45) is 4.99 Å². The number of hydrogen-bond donors (Lipinski definition) is 1. The van der Waals surface area contributed by atoms with Crippen LogP contribution in [0.5, 0.6) is 0 Å². The van der Waals surface area contributed by atoms with Crippen LogP contribution in [0.1, 0.15) is 16.8 Å². The number of nitrogen functional groups attached to an aromatic ring is 1. The second-order valence-electron chi connectivity index (χ2n) is 6.25. The van der Waals surface area contributed by atoms with E-state index in [4.69, 9.17) is 5.73 Å². The maximum absolute atomic E-state index is 5.92. The van der Waals surface area contributed by atoms with E-state index < -0.39 is 0 Å². The standard InChI is InChI=1S/C21H23N7/c1-4-6-19(23-3)27-11-13-28(14-12-27)20-18(16(2)25-21(22)26-20)9-8-17-7-5-10-24-15-17/h4-7,10,15H,1,3,11-14H2,2H3,(H2,22,25,26)/b19-6+. The Morgan fingerprint density at radius 3 is 2.68 bits per heavy atom. The molecule has 0 saturated carbocycles. The molecular formula is C21H23N7. The van der Waals surface area contributed by atoms with Crippen molar-refractivity contribution in [3.8, 4) is 11.8 Å². The van der Waals surface area contributed by atoms with Crippen LogP contribution >= 0.6 is 0 Å². The molecule has 2 N–H and O–H groups in total. The minimum Gasteiger partial charge on any atom is -0.368 e. The second kappa shape index (κ2) is 8.82. The molecule has 2 aromatic heterocycles. The highest BCUT2D eigenvalue weighted by atomic mass is 15.3. The number of aryl methyl sites for hydroxylation is 1. The molecule has 0 spiro atoms. The highest BCUT2D eigenvalue weighted by Gasteiger charge is 2.22. The fourth-order valence-electron chi connectivity index (χ4n) is 3.04. The van der Waals surface area contributed by atoms with Crippen LogP contribution in [0.2, 0.25) is 0 Å². The van der Waals surface area contributed by atoms with Gasteiger partial charge >= 0.3 is 0 Å². The van der Waals surface area contributed by atoms with Crippen LogP contribution < -0.4 is 10.6 Å². The van der Waals surface area contributed by atoms with E-state index in [0.29, 0.717) is 0 Å². The summed E-state index contributed by atoms with van der Waals surface area (Å²) in [6.45, 7) is 12.4. The van der Waals surface area contributed by atoms with Crippen molar-refractivity contribution < 1.29 is 0 Å². The summed E-state index contributed by atoms with van der Waals surface area (Å²) < 4.78 is 0. The Bertz CT molecular complexity index is 946. The summed E-state index contributed by atoms with van der Waals surface area (Å²) in [5.41, 5.74) is 8.31. The van der Waals surface area contributed by atoms with Crippen LogP contribution in [0.4, 0.5) is 11.8 Å². The van der Waals surface area contributed by atoms with Gasteiger partial charge in [-0.25, -0.2) is 9.98 Å². The Hall–Kier alpha value is -3.66. The van der Waals surface area contributed by atoms with Crippen molar-refractivity contribution in [1.82, 2.24) is 19.9 Å². The summed E-state index contributed by atoms with van der Waals surface area (Å²) in [6, 6.07) is 3.78. The van der Waals surface area contributed by atoms with Gasteiger partial charge in [0.1, 0.15) is 11.6 Å². The third-order valence-corrected chi connectivity index (χ3v) is 4.41. The number of anilines is 2. The van der Waals surface area contributed by atoms with Gasteiger partial charge < -0.3 is 15.5 Å². The van der Waals surface area contributed by atoms with E-state index in [1.54, 1.807) is 18.5 Å². The van der Waals surface area contributed by atoms with E-state index in [0.717, 1.165) is 54.6 Å². The SMILES string of the molecule is C=C/C=C(\N=C)N1CCN(c2nc(N)nc(C)c2C#Cc2cccnc2)CC1. The van der Waals surface area contributed by atoms with E-state index in [2.05, 4.69) is 54.9 Å². The maximum Gasteiger partial charge on any atom is 0.222 e. The molecule has 0 bridgehead atoms. The molecule has 0 unspecified atom stereocenters. The van der Waals surface area contributed by atoms with Gasteiger partial charge in [-0.3, -0.25) is 4.98 Å². The van der Waals surface area contributed by atoms with Gasteiger partial charge in [0.05, 0.1) is 11.3 Å². The highest BCUT2D eigenvalue weighted by molar-refractivity contribution is 5.61. The zero-order valence-corrected chi connectivity index (χ0v) is 16.0. The zero-order valence-electron chi connectivity index (χ0n) is 16.0. The number of rotatable bonds is 4. The Kier molecular flexibility index (Phi) is 6.02. The van der Waals surface area contributed by atoms with Crippen LogP contribution in [0.25, 0.3) is 0 Å². The van der Waals surface area contributed by atoms with Gasteiger partial charge in [0.15, 0.2) is 0 Å². The van der Waals surface area contributed by atoms with E-state index in [-0.39, 0.29) is 5.95 Å². The Labute approximate surface area is 165 Å². The predicted molar refractivity (Wildman–Crippen MR) is 113 cm³/mol. The molecule has 0 radical (unpaired) electrons. The van der Waals surface area contributed by atoms with E-state index >= 15 is 0 Å². The largest absolute Gasteiger partial charge is 0.368 e. The van der Waals surface area contributed by atoms with Crippen molar-refractivity contribution in [1.29, 1.82) is 0 Å². The summed E-state index contributed by atoms with van der Waals surface area (Å²) in [7, 11) is 0. The number of aliphatic imine (C=N–C) groups is 1. The summed E-state index contributed by atoms with van der Waals surface area (Å²) in [4.78, 5) is 21.3. The molecule has 2 aromatic rings. The number of nitrogens with two attached hydrogens (primary N) is 1. The third-order valence-electron chi connectivity index (χ3n) is 4.41. The molecule has 142 valence electrons. The van der Waals surface area contributed by atoms with Gasteiger partial charge in [-0.05, 0) is 31.9 Å². The number of allylic oxidation sites excluding steroid dienone is 2. The lowest BCUT2D eigenvalue weighted by atomic mass is 10.1. The molecule has 0 aliphatic carbocycles. The second-order valence-corrected chi connectivity index (χ2v) is 6.25. The van der Waals surface area contributed by atoms with Crippen LogP contribution in [0.15, 0.2) is 54.1 Å². The normalized spacial score (nSPS) is 14.2. The molecule has 0 atom stereocenters. The molecule has 0 amide bonds. The van der Waals surface area contributed by atoms with E-state index in [1.165, 1.54) is 0 Å². The van der Waals surface area contributed by atoms with Crippen LogP contribution in [0.3, 0.4) is 0 Å². The van der Waals surface area contributed by atoms with Crippen molar-refractivity contribution in [3.63, 3.8) is 0 Å². The number of aromatic nitrogens is 3. The quantitative estimate of drug-likeness (QED) is 0.501. The molecule has 1 fully saturated rings. The fraction of sp³-hybridized carbons (Fsp3) is 0.238. The first-order valence-corrected chi connectivity index (χ1v) is 8.98. The smallest absolute Gasteiger partial charge is 0.222 e. The molecule has 7 heteroatoms. The maximum atomic E-state index is 5.92. The monoisotopic (exact) mass is 373 g/mol. The highest BCUT2D eigenvalue weighted by Crippen LogP contribution is 2.23. The first-order chi connectivity index (χ1) is 13.6. The van der Waals surface area contributed by atoms with Crippen molar-refractivity contribution in [3.05, 3.63) is 65.9 Å². The van der Waals surface area contributed by atoms with Gasteiger partial charge in [0, 0.05) is 44.1 Å². The molecule has 1 aliphatic rings. The summed E-state index contributed by atoms with van der Waals surface area (Å²) in [5, 5.41) is 0. The van der Waals surface area contributed by atoms with Crippen LogP contribution in [-0.4, -0.2) is 52.7 Å². The minimum absolute atomic E-state index is 0.252. The zero-order chi connectivity index (χ0) is 19.9. The molecule has 3 heterocycles. The molecule has 0 aromatic carbocycles. The lowest BCUT2D eigenvalue weighted by Crippen LogP contribution is -2.46. The minimum atomic E-state index is 0.252. The summed E-state index contributed by atoms with van der Waals surface area (Å²) in [6.07, 6.45) is 7.03. The number of nitrogens with zero attached hydrogens (tertiary/aromatic N) is 6. The summed E-state index contributed by atoms with van der Waals surface area (Å²) >= 11 is 0. The van der Waals surface area contributed by atoms with Crippen LogP contribution in [0, 0.1) is 18.8 Å². The lowest BCUT2D eigenvalue weighted by Gasteiger charge is -2.37. The van der Waals surface area contributed by atoms with Gasteiger partial charge in [-0.2, -0.15) is 4.98 Å². The molecule has 28 heavy (non-hydrogen) atoms. The first-order valence-electron chi connectivity index (χ1n) is 8.98. The average molecular weight is 373 g/mol. The third kappa shape index (κ3) is 4.35. The fourth-order valence-corrected chi connectivity index (χ4v) is 3.04. The Morgan fingerprint density at radius 2 is 2.04 bits per heavy atom. The van der Waals surface area contributed by atoms with Gasteiger partial charge in [0.2, 0.25) is 5.95 Å². The van der Waals surface area contributed by atoms with Crippen molar-refractivity contribution >= 4 is 18.5 Å². The van der Waals surface area contributed by atoms with E-state index in [9.17, 15) is 0 Å². The molecule has 3 rings (SSSR count).